The second kappa shape index (κ2) is 4.98. The van der Waals surface area contributed by atoms with Crippen LogP contribution in [0.25, 0.3) is 0 Å². The van der Waals surface area contributed by atoms with Crippen LogP contribution in [0.5, 0.6) is 0 Å². The van der Waals surface area contributed by atoms with Crippen molar-refractivity contribution in [3.05, 3.63) is 12.2 Å². The first-order valence-electron chi connectivity index (χ1n) is 4.71. The average molecular weight is 250 g/mol. The van der Waals surface area contributed by atoms with Crippen molar-refractivity contribution in [1.29, 1.82) is 0 Å². The van der Waals surface area contributed by atoms with E-state index >= 15 is 0 Å². The fourth-order valence-electron chi connectivity index (χ4n) is 1.19. The second-order valence-electron chi connectivity index (χ2n) is 3.27. The molecule has 17 heavy (non-hydrogen) atoms. The lowest BCUT2D eigenvalue weighted by molar-refractivity contribution is -0.173. The van der Waals surface area contributed by atoms with Gasteiger partial charge in [-0.2, -0.15) is 13.2 Å². The summed E-state index contributed by atoms with van der Waals surface area (Å²) >= 11 is 0. The van der Waals surface area contributed by atoms with Gasteiger partial charge in [-0.05, 0) is 6.42 Å². The summed E-state index contributed by atoms with van der Waals surface area (Å²) in [4.78, 5) is 33.3. The Morgan fingerprint density at radius 2 is 1.76 bits per heavy atom. The summed E-state index contributed by atoms with van der Waals surface area (Å²) in [5.41, 5.74) is 0. The third-order valence-electron chi connectivity index (χ3n) is 2.00. The molecule has 0 aliphatic carbocycles. The maximum absolute atomic E-state index is 11.8. The Balaban J connectivity index is 2.24. The quantitative estimate of drug-likeness (QED) is 0.563. The number of hydrogen-bond donors (Lipinski definition) is 1. The van der Waals surface area contributed by atoms with E-state index in [2.05, 4.69) is 0 Å². The lowest BCUT2D eigenvalue weighted by Crippen LogP contribution is -2.39. The summed E-state index contributed by atoms with van der Waals surface area (Å²) in [7, 11) is 0. The molecule has 8 heteroatoms. The highest BCUT2D eigenvalue weighted by molar-refractivity contribution is 6.12. The van der Waals surface area contributed by atoms with E-state index in [4.69, 9.17) is 0 Å². The molecule has 1 heterocycles. The van der Waals surface area contributed by atoms with E-state index in [1.54, 1.807) is 5.32 Å². The minimum Gasteiger partial charge on any atom is -0.348 e. The minimum absolute atomic E-state index is 0.0250. The molecule has 0 aromatic heterocycles. The summed E-state index contributed by atoms with van der Waals surface area (Å²) in [5, 5.41) is 1.64. The van der Waals surface area contributed by atoms with Crippen molar-refractivity contribution in [2.24, 2.45) is 0 Å². The van der Waals surface area contributed by atoms with E-state index in [9.17, 15) is 27.6 Å². The van der Waals surface area contributed by atoms with Crippen molar-refractivity contribution in [2.45, 2.75) is 12.6 Å². The maximum Gasteiger partial charge on any atom is 0.471 e. The normalized spacial score (nSPS) is 15.6. The van der Waals surface area contributed by atoms with Crippen molar-refractivity contribution in [3.63, 3.8) is 0 Å². The lowest BCUT2D eigenvalue weighted by atomic mass is 10.3. The number of halogens is 3. The van der Waals surface area contributed by atoms with Crippen molar-refractivity contribution < 1.29 is 27.6 Å². The van der Waals surface area contributed by atoms with Crippen LogP contribution in [-0.2, 0) is 14.4 Å². The van der Waals surface area contributed by atoms with Crippen LogP contribution in [0.1, 0.15) is 6.42 Å². The van der Waals surface area contributed by atoms with Gasteiger partial charge in [0.1, 0.15) is 0 Å². The Morgan fingerprint density at radius 1 is 1.24 bits per heavy atom. The van der Waals surface area contributed by atoms with Gasteiger partial charge < -0.3 is 5.32 Å². The first kappa shape index (κ1) is 13.2. The van der Waals surface area contributed by atoms with E-state index in [0.717, 1.165) is 17.1 Å². The Hall–Kier alpha value is -1.86. The molecular weight excluding hydrogens is 241 g/mol. The summed E-state index contributed by atoms with van der Waals surface area (Å²) in [6, 6.07) is 0. The van der Waals surface area contributed by atoms with E-state index in [-0.39, 0.29) is 19.5 Å². The fraction of sp³-hybridized carbons (Fsp3) is 0.444. The predicted molar refractivity (Wildman–Crippen MR) is 49.5 cm³/mol. The molecule has 94 valence electrons. The number of imide groups is 1. The maximum atomic E-state index is 11.8. The highest BCUT2D eigenvalue weighted by Crippen LogP contribution is 2.13. The van der Waals surface area contributed by atoms with Gasteiger partial charge in [0.15, 0.2) is 0 Å². The SMILES string of the molecule is O=C1C=CC(=O)N1CCCNC(=O)C(F)(F)F. The van der Waals surface area contributed by atoms with Gasteiger partial charge >= 0.3 is 12.1 Å². The van der Waals surface area contributed by atoms with Crippen molar-refractivity contribution >= 4 is 17.7 Å². The van der Waals surface area contributed by atoms with Gasteiger partial charge in [0.05, 0.1) is 0 Å². The van der Waals surface area contributed by atoms with Crippen LogP contribution >= 0.6 is 0 Å². The number of carbonyl (C=O) groups is 3. The third-order valence-corrected chi connectivity index (χ3v) is 2.00. The number of nitrogens with zero attached hydrogens (tertiary/aromatic N) is 1. The molecule has 1 aliphatic heterocycles. The molecule has 0 saturated heterocycles. The molecule has 0 spiro atoms. The largest absolute Gasteiger partial charge is 0.471 e. The first-order chi connectivity index (χ1) is 7.82. The molecule has 0 atom stereocenters. The number of alkyl halides is 3. The summed E-state index contributed by atoms with van der Waals surface area (Å²) in [5.74, 6) is -3.04. The Bertz CT molecular complexity index is 358. The smallest absolute Gasteiger partial charge is 0.348 e. The number of amides is 3. The molecule has 0 radical (unpaired) electrons. The summed E-state index contributed by atoms with van der Waals surface area (Å²) in [6.07, 6.45) is -2.69. The van der Waals surface area contributed by atoms with E-state index < -0.39 is 23.9 Å². The minimum atomic E-state index is -4.92. The molecule has 0 aromatic carbocycles. The average Bonchev–Trinajstić information content (AvgIpc) is 2.53. The van der Waals surface area contributed by atoms with Gasteiger partial charge in [-0.15, -0.1) is 0 Å². The molecule has 0 unspecified atom stereocenters. The van der Waals surface area contributed by atoms with Gasteiger partial charge in [-0.3, -0.25) is 19.3 Å². The predicted octanol–water partition coefficient (Wildman–Crippen LogP) is -0.0200. The molecule has 0 saturated carbocycles. The van der Waals surface area contributed by atoms with Gasteiger partial charge in [0.25, 0.3) is 11.8 Å². The fourth-order valence-corrected chi connectivity index (χ4v) is 1.19. The van der Waals surface area contributed by atoms with Crippen molar-refractivity contribution in [3.8, 4) is 0 Å². The van der Waals surface area contributed by atoms with Crippen LogP contribution in [0.15, 0.2) is 12.2 Å². The molecule has 1 aliphatic rings. The monoisotopic (exact) mass is 250 g/mol. The summed E-state index contributed by atoms with van der Waals surface area (Å²) in [6.45, 7) is -0.280. The Kier molecular flexibility index (Phi) is 3.87. The standard InChI is InChI=1S/C9H9F3N2O3/c10-9(11,12)8(17)13-4-1-5-14-6(15)2-3-7(14)16/h2-3H,1,4-5H2,(H,13,17). The zero-order valence-corrected chi connectivity index (χ0v) is 8.58. The van der Waals surface area contributed by atoms with E-state index in [1.807, 2.05) is 0 Å². The van der Waals surface area contributed by atoms with Crippen LogP contribution in [0.4, 0.5) is 13.2 Å². The molecular formula is C9H9F3N2O3. The topological polar surface area (TPSA) is 66.5 Å². The van der Waals surface area contributed by atoms with Gasteiger partial charge in [0.2, 0.25) is 0 Å². The van der Waals surface area contributed by atoms with Gasteiger partial charge in [0, 0.05) is 25.2 Å². The van der Waals surface area contributed by atoms with Gasteiger partial charge in [-0.25, -0.2) is 0 Å². The zero-order chi connectivity index (χ0) is 13.1. The van der Waals surface area contributed by atoms with Crippen LogP contribution in [0.2, 0.25) is 0 Å². The third kappa shape index (κ3) is 3.58. The van der Waals surface area contributed by atoms with Crippen LogP contribution < -0.4 is 5.32 Å². The van der Waals surface area contributed by atoms with Crippen LogP contribution in [0.3, 0.4) is 0 Å². The van der Waals surface area contributed by atoms with Gasteiger partial charge in [-0.1, -0.05) is 0 Å². The van der Waals surface area contributed by atoms with Crippen molar-refractivity contribution in [2.75, 3.05) is 13.1 Å². The molecule has 5 nitrogen and oxygen atoms in total. The Morgan fingerprint density at radius 3 is 2.24 bits per heavy atom. The lowest BCUT2D eigenvalue weighted by Gasteiger charge is -2.13. The Labute approximate surface area is 94.3 Å². The van der Waals surface area contributed by atoms with Crippen LogP contribution in [-0.4, -0.2) is 41.9 Å². The molecule has 1 rings (SSSR count). The number of hydrogen-bond acceptors (Lipinski definition) is 3. The molecule has 0 bridgehead atoms. The zero-order valence-electron chi connectivity index (χ0n) is 8.58. The van der Waals surface area contributed by atoms with Crippen LogP contribution in [0, 0.1) is 0 Å². The van der Waals surface area contributed by atoms with E-state index in [1.165, 1.54) is 0 Å². The van der Waals surface area contributed by atoms with E-state index in [0.29, 0.717) is 0 Å². The number of nitrogens with one attached hydrogen (secondary N) is 1. The second-order valence-corrected chi connectivity index (χ2v) is 3.27. The molecule has 1 N–H and O–H groups in total. The highest BCUT2D eigenvalue weighted by atomic mass is 19.4. The first-order valence-corrected chi connectivity index (χ1v) is 4.71. The van der Waals surface area contributed by atoms with Crippen molar-refractivity contribution in [1.82, 2.24) is 10.2 Å². The number of carbonyl (C=O) groups excluding carboxylic acids is 3. The summed E-state index contributed by atoms with van der Waals surface area (Å²) < 4.78 is 35.3. The number of rotatable bonds is 4. The highest BCUT2D eigenvalue weighted by Gasteiger charge is 2.38. The molecule has 0 fully saturated rings. The molecule has 0 aromatic rings. The molecule has 3 amide bonds.